The van der Waals surface area contributed by atoms with Gasteiger partial charge in [0.05, 0.1) is 7.05 Å². The molecule has 0 atom stereocenters. The molecule has 0 radical (unpaired) electrons. The van der Waals surface area contributed by atoms with Gasteiger partial charge in [0, 0.05) is 0 Å². The fourth-order valence-electron chi connectivity index (χ4n) is 1.85. The molecule has 19 heavy (non-hydrogen) atoms. The molecule has 1 N–H and O–H groups in total. The van der Waals surface area contributed by atoms with E-state index in [1.54, 1.807) is 19.2 Å². The van der Waals surface area contributed by atoms with Crippen molar-refractivity contribution in [2.24, 2.45) is 7.05 Å². The van der Waals surface area contributed by atoms with Crippen LogP contribution in [0.1, 0.15) is 5.82 Å². The van der Waals surface area contributed by atoms with E-state index in [1.807, 2.05) is 24.3 Å². The van der Waals surface area contributed by atoms with Gasteiger partial charge in [-0.3, -0.25) is 0 Å². The summed E-state index contributed by atoms with van der Waals surface area (Å²) in [6, 6.07) is 11.2. The Bertz CT molecular complexity index is 723. The second-order valence-corrected chi connectivity index (χ2v) is 4.15. The maximum absolute atomic E-state index is 9.91. The third-order valence-corrected chi connectivity index (χ3v) is 2.73. The zero-order chi connectivity index (χ0) is 13.2. The molecule has 0 amide bonds. The molecule has 0 saturated heterocycles. The van der Waals surface area contributed by atoms with Gasteiger partial charge in [-0.1, -0.05) is 24.3 Å². The highest BCUT2D eigenvalue weighted by Crippen LogP contribution is 2.31. The lowest BCUT2D eigenvalue weighted by molar-refractivity contribution is 0.280. The lowest BCUT2D eigenvalue weighted by atomic mass is 10.1. The molecular formula is C13H12N4O2. The number of aryl methyl sites for hydroxylation is 1. The van der Waals surface area contributed by atoms with Crippen LogP contribution >= 0.6 is 0 Å². The third kappa shape index (κ3) is 2.33. The van der Waals surface area contributed by atoms with Crippen molar-refractivity contribution in [3.05, 3.63) is 42.2 Å². The van der Waals surface area contributed by atoms with Crippen LogP contribution in [0.15, 0.2) is 36.4 Å². The molecule has 1 heterocycles. The quantitative estimate of drug-likeness (QED) is 0.771. The average molecular weight is 256 g/mol. The monoisotopic (exact) mass is 256 g/mol. The molecule has 0 aliphatic heterocycles. The lowest BCUT2D eigenvalue weighted by Gasteiger charge is -2.07. The topological polar surface area (TPSA) is 73.1 Å². The van der Waals surface area contributed by atoms with Crippen LogP contribution in [0.5, 0.6) is 11.5 Å². The molecule has 2 aromatic carbocycles. The largest absolute Gasteiger partial charge is 0.504 e. The molecule has 6 nitrogen and oxygen atoms in total. The molecule has 0 saturated carbocycles. The number of fused-ring (bicyclic) bond motifs is 1. The molecule has 6 heteroatoms. The van der Waals surface area contributed by atoms with E-state index in [1.165, 1.54) is 4.80 Å². The standard InChI is InChI=1S/C13H12N4O2/c1-17-15-13(14-16-17)8-19-12-7-10-5-3-2-4-9(10)6-11(12)18/h2-7,18H,8H2,1H3. The molecule has 0 aliphatic carbocycles. The van der Waals surface area contributed by atoms with Crippen LogP contribution in [0.3, 0.4) is 0 Å². The van der Waals surface area contributed by atoms with Crippen molar-refractivity contribution in [3.63, 3.8) is 0 Å². The van der Waals surface area contributed by atoms with E-state index >= 15 is 0 Å². The number of hydrogen-bond donors (Lipinski definition) is 1. The van der Waals surface area contributed by atoms with Crippen molar-refractivity contribution in [2.75, 3.05) is 0 Å². The van der Waals surface area contributed by atoms with Gasteiger partial charge in [0.2, 0.25) is 5.82 Å². The van der Waals surface area contributed by atoms with E-state index in [-0.39, 0.29) is 12.4 Å². The Hall–Kier alpha value is -2.63. The SMILES string of the molecule is Cn1nnc(COc2cc3ccccc3cc2O)n1. The van der Waals surface area contributed by atoms with Gasteiger partial charge < -0.3 is 9.84 Å². The van der Waals surface area contributed by atoms with Gasteiger partial charge in [0.25, 0.3) is 0 Å². The highest BCUT2D eigenvalue weighted by atomic mass is 16.5. The van der Waals surface area contributed by atoms with E-state index in [0.717, 1.165) is 10.8 Å². The Morgan fingerprint density at radius 1 is 1.21 bits per heavy atom. The number of aromatic hydroxyl groups is 1. The minimum Gasteiger partial charge on any atom is -0.504 e. The molecule has 0 bridgehead atoms. The van der Waals surface area contributed by atoms with E-state index in [2.05, 4.69) is 15.4 Å². The minimum absolute atomic E-state index is 0.0996. The number of hydrogen-bond acceptors (Lipinski definition) is 5. The Morgan fingerprint density at radius 3 is 2.63 bits per heavy atom. The summed E-state index contributed by atoms with van der Waals surface area (Å²) in [4.78, 5) is 1.36. The summed E-state index contributed by atoms with van der Waals surface area (Å²) in [5.41, 5.74) is 0. The summed E-state index contributed by atoms with van der Waals surface area (Å²) in [6.45, 7) is 0.166. The summed E-state index contributed by atoms with van der Waals surface area (Å²) in [6.07, 6.45) is 0. The number of nitrogens with zero attached hydrogens (tertiary/aromatic N) is 4. The van der Waals surface area contributed by atoms with Crippen LogP contribution in [0.25, 0.3) is 10.8 Å². The van der Waals surface area contributed by atoms with Crippen LogP contribution in [0.4, 0.5) is 0 Å². The van der Waals surface area contributed by atoms with Crippen molar-refractivity contribution in [2.45, 2.75) is 6.61 Å². The van der Waals surface area contributed by atoms with Crippen LogP contribution in [-0.2, 0) is 13.7 Å². The smallest absolute Gasteiger partial charge is 0.212 e. The lowest BCUT2D eigenvalue weighted by Crippen LogP contribution is -1.99. The summed E-state index contributed by atoms with van der Waals surface area (Å²) in [5, 5.41) is 23.4. The number of benzene rings is 2. The first kappa shape index (κ1) is 11.5. The van der Waals surface area contributed by atoms with Crippen molar-refractivity contribution < 1.29 is 9.84 Å². The Labute approximate surface area is 109 Å². The van der Waals surface area contributed by atoms with Crippen LogP contribution in [0.2, 0.25) is 0 Å². The summed E-state index contributed by atoms with van der Waals surface area (Å²) in [7, 11) is 1.68. The first-order valence-corrected chi connectivity index (χ1v) is 5.80. The maximum atomic E-state index is 9.91. The third-order valence-electron chi connectivity index (χ3n) is 2.73. The van der Waals surface area contributed by atoms with Crippen molar-refractivity contribution >= 4 is 10.8 Å². The molecule has 0 spiro atoms. The molecule has 3 rings (SSSR count). The van der Waals surface area contributed by atoms with Crippen molar-refractivity contribution in [3.8, 4) is 11.5 Å². The Balaban J connectivity index is 1.86. The van der Waals surface area contributed by atoms with Crippen LogP contribution in [-0.4, -0.2) is 25.3 Å². The number of aromatic nitrogens is 4. The zero-order valence-electron chi connectivity index (χ0n) is 10.3. The Kier molecular flexibility index (Phi) is 2.75. The second kappa shape index (κ2) is 4.56. The molecular weight excluding hydrogens is 244 g/mol. The van der Waals surface area contributed by atoms with Gasteiger partial charge in [-0.15, -0.1) is 10.2 Å². The second-order valence-electron chi connectivity index (χ2n) is 4.15. The number of rotatable bonds is 3. The number of phenols is 1. The normalized spacial score (nSPS) is 10.8. The molecule has 96 valence electrons. The van der Waals surface area contributed by atoms with Crippen LogP contribution in [0, 0.1) is 0 Å². The van der Waals surface area contributed by atoms with E-state index in [0.29, 0.717) is 11.6 Å². The fraction of sp³-hybridized carbons (Fsp3) is 0.154. The maximum Gasteiger partial charge on any atom is 0.212 e. The number of phenolic OH excluding ortho intramolecular Hbond substituents is 1. The predicted octanol–water partition coefficient (Wildman–Crippen LogP) is 1.65. The average Bonchev–Trinajstić information content (AvgIpc) is 2.82. The van der Waals surface area contributed by atoms with E-state index < -0.39 is 0 Å². The predicted molar refractivity (Wildman–Crippen MR) is 68.7 cm³/mol. The van der Waals surface area contributed by atoms with Gasteiger partial charge in [0.1, 0.15) is 0 Å². The first-order chi connectivity index (χ1) is 9.22. The molecule has 0 aliphatic rings. The van der Waals surface area contributed by atoms with Gasteiger partial charge in [0.15, 0.2) is 18.1 Å². The van der Waals surface area contributed by atoms with Gasteiger partial charge in [-0.25, -0.2) is 0 Å². The fourth-order valence-corrected chi connectivity index (χ4v) is 1.85. The van der Waals surface area contributed by atoms with Crippen LogP contribution < -0.4 is 4.74 Å². The number of ether oxygens (including phenoxy) is 1. The minimum atomic E-state index is 0.0996. The molecule has 3 aromatic rings. The summed E-state index contributed by atoms with van der Waals surface area (Å²) in [5.74, 6) is 0.976. The van der Waals surface area contributed by atoms with E-state index in [4.69, 9.17) is 4.74 Å². The van der Waals surface area contributed by atoms with Gasteiger partial charge in [-0.2, -0.15) is 4.80 Å². The molecule has 0 unspecified atom stereocenters. The van der Waals surface area contributed by atoms with Gasteiger partial charge in [-0.05, 0) is 28.1 Å². The molecule has 1 aromatic heterocycles. The Morgan fingerprint density at radius 2 is 1.95 bits per heavy atom. The number of tetrazole rings is 1. The molecule has 0 fully saturated rings. The van der Waals surface area contributed by atoms with Gasteiger partial charge >= 0.3 is 0 Å². The highest BCUT2D eigenvalue weighted by Gasteiger charge is 2.07. The van der Waals surface area contributed by atoms with Crippen molar-refractivity contribution in [1.29, 1.82) is 0 Å². The summed E-state index contributed by atoms with van der Waals surface area (Å²) < 4.78 is 5.52. The summed E-state index contributed by atoms with van der Waals surface area (Å²) >= 11 is 0. The zero-order valence-corrected chi connectivity index (χ0v) is 10.3. The first-order valence-electron chi connectivity index (χ1n) is 5.80. The van der Waals surface area contributed by atoms with E-state index in [9.17, 15) is 5.11 Å². The van der Waals surface area contributed by atoms with Crippen molar-refractivity contribution in [1.82, 2.24) is 20.2 Å². The highest BCUT2D eigenvalue weighted by molar-refractivity contribution is 5.85.